The summed E-state index contributed by atoms with van der Waals surface area (Å²) in [6.45, 7) is 5.78. The minimum absolute atomic E-state index is 0.819. The Labute approximate surface area is 145 Å². The summed E-state index contributed by atoms with van der Waals surface area (Å²) in [5.41, 5.74) is 6.34. The summed E-state index contributed by atoms with van der Waals surface area (Å²) in [6.07, 6.45) is 0. The average Bonchev–Trinajstić information content (AvgIpc) is 2.63. The molecular weight excluding hydrogens is 296 g/mol. The molecule has 3 heteroatoms. The largest absolute Gasteiger partial charge is 0.378 e. The standard InChI is InChI=1S/C21H26N2O/c1-17(21(22(2)3)19-7-5-4-6-8-19)18-9-11-20(12-10-18)23-13-15-24-16-14-23/h4-12H,13-16H2,1-3H3/b21-17+. The summed E-state index contributed by atoms with van der Waals surface area (Å²) in [4.78, 5) is 4.58. The third kappa shape index (κ3) is 3.62. The molecule has 0 atom stereocenters. The molecule has 1 aliphatic heterocycles. The number of anilines is 1. The lowest BCUT2D eigenvalue weighted by atomic mass is 10.00. The van der Waals surface area contributed by atoms with Crippen LogP contribution in [0.3, 0.4) is 0 Å². The van der Waals surface area contributed by atoms with E-state index in [0.29, 0.717) is 0 Å². The van der Waals surface area contributed by atoms with Gasteiger partial charge in [-0.25, -0.2) is 0 Å². The minimum atomic E-state index is 0.819. The highest BCUT2D eigenvalue weighted by molar-refractivity contribution is 5.89. The summed E-state index contributed by atoms with van der Waals surface area (Å²) in [5.74, 6) is 0. The van der Waals surface area contributed by atoms with Crippen LogP contribution < -0.4 is 4.90 Å². The summed E-state index contributed by atoms with van der Waals surface area (Å²) >= 11 is 0. The molecule has 1 aliphatic rings. The third-order valence-electron chi connectivity index (χ3n) is 4.53. The zero-order chi connectivity index (χ0) is 16.9. The maximum atomic E-state index is 5.44. The van der Waals surface area contributed by atoms with E-state index < -0.39 is 0 Å². The second-order valence-corrected chi connectivity index (χ2v) is 6.38. The maximum Gasteiger partial charge on any atom is 0.0642 e. The van der Waals surface area contributed by atoms with Crippen molar-refractivity contribution in [3.63, 3.8) is 0 Å². The Kier molecular flexibility index (Phi) is 5.21. The fourth-order valence-corrected chi connectivity index (χ4v) is 3.29. The highest BCUT2D eigenvalue weighted by atomic mass is 16.5. The first-order valence-corrected chi connectivity index (χ1v) is 8.53. The molecule has 2 aromatic carbocycles. The molecule has 24 heavy (non-hydrogen) atoms. The Morgan fingerprint density at radius 1 is 0.875 bits per heavy atom. The van der Waals surface area contributed by atoms with Gasteiger partial charge in [-0.15, -0.1) is 0 Å². The summed E-state index contributed by atoms with van der Waals surface area (Å²) in [7, 11) is 4.21. The lowest BCUT2D eigenvalue weighted by Gasteiger charge is -2.29. The first-order chi connectivity index (χ1) is 11.7. The lowest BCUT2D eigenvalue weighted by molar-refractivity contribution is 0.122. The van der Waals surface area contributed by atoms with Gasteiger partial charge in [0.15, 0.2) is 0 Å². The van der Waals surface area contributed by atoms with Gasteiger partial charge in [-0.3, -0.25) is 0 Å². The molecule has 1 heterocycles. The molecule has 0 saturated carbocycles. The Hall–Kier alpha value is -2.26. The Bertz CT molecular complexity index is 684. The molecule has 0 unspecified atom stereocenters. The highest BCUT2D eigenvalue weighted by Crippen LogP contribution is 2.29. The van der Waals surface area contributed by atoms with Gasteiger partial charge in [0, 0.05) is 38.6 Å². The quantitative estimate of drug-likeness (QED) is 0.792. The van der Waals surface area contributed by atoms with Crippen molar-refractivity contribution in [3.05, 3.63) is 65.7 Å². The molecular formula is C21H26N2O. The van der Waals surface area contributed by atoms with E-state index in [1.54, 1.807) is 0 Å². The van der Waals surface area contributed by atoms with Crippen LogP contribution in [-0.2, 0) is 4.74 Å². The van der Waals surface area contributed by atoms with E-state index in [2.05, 4.69) is 85.4 Å². The van der Waals surface area contributed by atoms with Crippen LogP contribution in [0.4, 0.5) is 5.69 Å². The molecule has 0 bridgehead atoms. The number of rotatable bonds is 4. The van der Waals surface area contributed by atoms with Crippen LogP contribution in [0, 0.1) is 0 Å². The number of allylic oxidation sites excluding steroid dienone is 1. The first-order valence-electron chi connectivity index (χ1n) is 8.53. The van der Waals surface area contributed by atoms with Crippen molar-refractivity contribution in [3.8, 4) is 0 Å². The molecule has 1 fully saturated rings. The zero-order valence-corrected chi connectivity index (χ0v) is 14.8. The molecule has 0 amide bonds. The van der Waals surface area contributed by atoms with Crippen LogP contribution in [0.25, 0.3) is 11.3 Å². The summed E-state index contributed by atoms with van der Waals surface area (Å²) in [5, 5.41) is 0. The van der Waals surface area contributed by atoms with Gasteiger partial charge in [-0.05, 0) is 35.8 Å². The zero-order valence-electron chi connectivity index (χ0n) is 14.8. The number of morpholine rings is 1. The van der Waals surface area contributed by atoms with Crippen molar-refractivity contribution >= 4 is 17.0 Å². The summed E-state index contributed by atoms with van der Waals surface area (Å²) < 4.78 is 5.44. The van der Waals surface area contributed by atoms with Crippen LogP contribution >= 0.6 is 0 Å². The number of hydrogen-bond acceptors (Lipinski definition) is 3. The lowest BCUT2D eigenvalue weighted by Crippen LogP contribution is -2.36. The van der Waals surface area contributed by atoms with Gasteiger partial charge in [-0.1, -0.05) is 42.5 Å². The smallest absolute Gasteiger partial charge is 0.0642 e. The predicted octanol–water partition coefficient (Wildman–Crippen LogP) is 3.97. The van der Waals surface area contributed by atoms with Crippen LogP contribution in [0.5, 0.6) is 0 Å². The molecule has 0 radical (unpaired) electrons. The molecule has 2 aromatic rings. The fraction of sp³-hybridized carbons (Fsp3) is 0.333. The number of benzene rings is 2. The van der Waals surface area contributed by atoms with Crippen molar-refractivity contribution < 1.29 is 4.74 Å². The number of hydrogen-bond donors (Lipinski definition) is 0. The van der Waals surface area contributed by atoms with Gasteiger partial charge in [0.2, 0.25) is 0 Å². The Balaban J connectivity index is 1.91. The average molecular weight is 322 g/mol. The van der Waals surface area contributed by atoms with Crippen molar-refractivity contribution in [2.75, 3.05) is 45.3 Å². The highest BCUT2D eigenvalue weighted by Gasteiger charge is 2.13. The van der Waals surface area contributed by atoms with E-state index in [1.807, 2.05) is 0 Å². The van der Waals surface area contributed by atoms with E-state index in [1.165, 1.54) is 28.1 Å². The summed E-state index contributed by atoms with van der Waals surface area (Å²) in [6, 6.07) is 19.5. The van der Waals surface area contributed by atoms with Gasteiger partial charge in [0.1, 0.15) is 0 Å². The van der Waals surface area contributed by atoms with Crippen LogP contribution in [0.15, 0.2) is 54.6 Å². The van der Waals surface area contributed by atoms with Crippen LogP contribution in [0.2, 0.25) is 0 Å². The van der Waals surface area contributed by atoms with E-state index in [9.17, 15) is 0 Å². The monoisotopic (exact) mass is 322 g/mol. The molecule has 1 saturated heterocycles. The Morgan fingerprint density at radius 2 is 1.50 bits per heavy atom. The molecule has 0 N–H and O–H groups in total. The van der Waals surface area contributed by atoms with Crippen LogP contribution in [0.1, 0.15) is 18.1 Å². The molecule has 0 spiro atoms. The van der Waals surface area contributed by atoms with Crippen molar-refractivity contribution in [2.45, 2.75) is 6.92 Å². The van der Waals surface area contributed by atoms with Gasteiger partial charge >= 0.3 is 0 Å². The van der Waals surface area contributed by atoms with Crippen molar-refractivity contribution in [2.24, 2.45) is 0 Å². The molecule has 0 aromatic heterocycles. The fourth-order valence-electron chi connectivity index (χ4n) is 3.29. The molecule has 0 aliphatic carbocycles. The Morgan fingerprint density at radius 3 is 2.08 bits per heavy atom. The van der Waals surface area contributed by atoms with Crippen LogP contribution in [-0.4, -0.2) is 45.3 Å². The molecule has 126 valence electrons. The second kappa shape index (κ2) is 7.54. The van der Waals surface area contributed by atoms with Gasteiger partial charge in [-0.2, -0.15) is 0 Å². The normalized spacial score (nSPS) is 15.9. The van der Waals surface area contributed by atoms with E-state index in [0.717, 1.165) is 26.3 Å². The molecule has 3 rings (SSSR count). The van der Waals surface area contributed by atoms with Gasteiger partial charge in [0.25, 0.3) is 0 Å². The number of ether oxygens (including phenoxy) is 1. The minimum Gasteiger partial charge on any atom is -0.378 e. The maximum absolute atomic E-state index is 5.44. The topological polar surface area (TPSA) is 15.7 Å². The van der Waals surface area contributed by atoms with Gasteiger partial charge in [0.05, 0.1) is 13.2 Å². The molecule has 3 nitrogen and oxygen atoms in total. The van der Waals surface area contributed by atoms with Gasteiger partial charge < -0.3 is 14.5 Å². The van der Waals surface area contributed by atoms with Crippen molar-refractivity contribution in [1.82, 2.24) is 4.90 Å². The van der Waals surface area contributed by atoms with E-state index in [-0.39, 0.29) is 0 Å². The van der Waals surface area contributed by atoms with E-state index >= 15 is 0 Å². The number of nitrogens with zero attached hydrogens (tertiary/aromatic N) is 2. The second-order valence-electron chi connectivity index (χ2n) is 6.38. The third-order valence-corrected chi connectivity index (χ3v) is 4.53. The SMILES string of the molecule is C/C(=C(/c1ccccc1)N(C)C)c1ccc(N2CCOCC2)cc1. The predicted molar refractivity (Wildman–Crippen MR) is 102 cm³/mol. The first kappa shape index (κ1) is 16.6. The van der Waals surface area contributed by atoms with E-state index in [4.69, 9.17) is 4.74 Å². The van der Waals surface area contributed by atoms with Crippen molar-refractivity contribution in [1.29, 1.82) is 0 Å².